The smallest absolute Gasteiger partial charge is 0.243 e. The number of Topliss-reactive ketones (excluding diaryl/α,β-unsaturated/α-hetero) is 2. The van der Waals surface area contributed by atoms with Gasteiger partial charge in [-0.25, -0.2) is 10.9 Å². The highest BCUT2D eigenvalue weighted by atomic mass is 16.3. The van der Waals surface area contributed by atoms with E-state index < -0.39 is 100 Å². The molecule has 0 aliphatic heterocycles. The first-order valence-corrected chi connectivity index (χ1v) is 26.3. The number of primary amides is 2. The van der Waals surface area contributed by atoms with Crippen LogP contribution >= 0.6 is 0 Å². The van der Waals surface area contributed by atoms with Crippen LogP contribution in [-0.4, -0.2) is 118 Å². The number of nitrogens with two attached hydrogens (primary N) is 5. The monoisotopic (exact) mass is 1040 g/mol. The molecule has 0 saturated heterocycles. The molecule has 21 nitrogen and oxygen atoms in total. The number of hydrogen-bond acceptors (Lipinski definition) is 15. The van der Waals surface area contributed by atoms with Crippen molar-refractivity contribution in [2.24, 2.45) is 40.5 Å². The summed E-state index contributed by atoms with van der Waals surface area (Å²) in [5.41, 5.74) is 32.3. The van der Waals surface area contributed by atoms with Crippen molar-refractivity contribution in [2.45, 2.75) is 211 Å². The minimum absolute atomic E-state index is 0.0170. The molecule has 0 unspecified atom stereocenters. The van der Waals surface area contributed by atoms with Gasteiger partial charge in [-0.1, -0.05) is 95.9 Å². The van der Waals surface area contributed by atoms with Crippen molar-refractivity contribution in [1.82, 2.24) is 32.1 Å². The Hall–Kier alpha value is -5.45. The maximum absolute atomic E-state index is 14.4. The molecule has 9 atom stereocenters. The number of ketones is 2. The molecule has 1 rings (SSSR count). The molecular formula is C53H91N11O10. The van der Waals surface area contributed by atoms with Crippen LogP contribution < -0.4 is 60.8 Å². The van der Waals surface area contributed by atoms with E-state index in [0.717, 1.165) is 25.7 Å². The van der Waals surface area contributed by atoms with Gasteiger partial charge >= 0.3 is 0 Å². The number of allylic oxidation sites excluding steroid dienone is 2. The molecule has 74 heavy (non-hydrogen) atoms. The summed E-state index contributed by atoms with van der Waals surface area (Å²) in [5, 5.41) is 21.2. The second-order valence-corrected chi connectivity index (χ2v) is 20.9. The van der Waals surface area contributed by atoms with Gasteiger partial charge in [0.05, 0.1) is 23.7 Å². The quantitative estimate of drug-likeness (QED) is 0.0144. The van der Waals surface area contributed by atoms with Crippen molar-refractivity contribution in [1.29, 1.82) is 0 Å². The number of nitrogens with one attached hydrogen (secondary N) is 6. The predicted molar refractivity (Wildman–Crippen MR) is 285 cm³/mol. The van der Waals surface area contributed by atoms with Gasteiger partial charge in [-0.2, -0.15) is 0 Å². The summed E-state index contributed by atoms with van der Waals surface area (Å²) >= 11 is 0. The van der Waals surface area contributed by atoms with Gasteiger partial charge in [-0.15, -0.1) is 0 Å². The Balaban J connectivity index is 3.14. The highest BCUT2D eigenvalue weighted by molar-refractivity contribution is 6.41. The molecule has 0 saturated carbocycles. The predicted octanol–water partition coefficient (Wildman–Crippen LogP) is 1.19. The molecule has 0 aliphatic carbocycles. The lowest BCUT2D eigenvalue weighted by atomic mass is 9.92. The van der Waals surface area contributed by atoms with Crippen LogP contribution in [0.2, 0.25) is 0 Å². The molecule has 418 valence electrons. The lowest BCUT2D eigenvalue weighted by Gasteiger charge is -2.34. The van der Waals surface area contributed by atoms with Crippen molar-refractivity contribution in [2.75, 3.05) is 6.54 Å². The Morgan fingerprint density at radius 1 is 0.662 bits per heavy atom. The first kappa shape index (κ1) is 66.6. The number of amides is 6. The molecule has 1 aromatic rings. The highest BCUT2D eigenvalue weighted by Gasteiger charge is 2.38. The molecule has 0 spiro atoms. The van der Waals surface area contributed by atoms with Crippen LogP contribution in [0.4, 0.5) is 0 Å². The molecule has 0 fully saturated rings. The first-order valence-electron chi connectivity index (χ1n) is 26.3. The SMILES string of the molecule is CC(C)C[C@H](NC(=O)[C@@](C)(CCCCCC/C=C\CCC[C@](C)(N)C(=O)N[C@@H](CCC(N)=O)C(N)=O)NN[C@H](C=O)[C@@H](C)O)C(=O)N[C@@H](Cc1ccccc1)C(=O)N[C@@H](CC(C)C)C(=O)C(=O)[C@@H](N)CCCCN. The third-order valence-corrected chi connectivity index (χ3v) is 12.7. The van der Waals surface area contributed by atoms with Crippen LogP contribution in [0.15, 0.2) is 42.5 Å². The van der Waals surface area contributed by atoms with Gasteiger partial charge in [0.1, 0.15) is 36.0 Å². The van der Waals surface area contributed by atoms with Gasteiger partial charge in [0.2, 0.25) is 47.0 Å². The zero-order valence-corrected chi connectivity index (χ0v) is 45.1. The van der Waals surface area contributed by atoms with E-state index in [-0.39, 0.29) is 56.8 Å². The molecular weight excluding hydrogens is 951 g/mol. The normalized spacial score (nSPS) is 16.1. The van der Waals surface area contributed by atoms with Crippen molar-refractivity contribution < 1.29 is 48.3 Å². The number of aldehydes is 1. The maximum atomic E-state index is 14.4. The second kappa shape index (κ2) is 34.9. The average Bonchev–Trinajstić information content (AvgIpc) is 3.33. The summed E-state index contributed by atoms with van der Waals surface area (Å²) in [6, 6.07) is 2.22. The Morgan fingerprint density at radius 3 is 1.80 bits per heavy atom. The number of rotatable bonds is 41. The molecule has 6 amide bonds. The Bertz CT molecular complexity index is 1970. The maximum Gasteiger partial charge on any atom is 0.243 e. The summed E-state index contributed by atoms with van der Waals surface area (Å²) in [4.78, 5) is 117. The Morgan fingerprint density at radius 2 is 1.23 bits per heavy atom. The van der Waals surface area contributed by atoms with Gasteiger partial charge in [-0.05, 0) is 115 Å². The summed E-state index contributed by atoms with van der Waals surface area (Å²) in [6.07, 6.45) is 10.7. The van der Waals surface area contributed by atoms with Crippen LogP contribution in [0.25, 0.3) is 0 Å². The summed E-state index contributed by atoms with van der Waals surface area (Å²) in [6.45, 7) is 12.5. The van der Waals surface area contributed by atoms with E-state index in [9.17, 15) is 48.3 Å². The van der Waals surface area contributed by atoms with Gasteiger partial charge in [0.15, 0.2) is 0 Å². The second-order valence-electron chi connectivity index (χ2n) is 20.9. The van der Waals surface area contributed by atoms with Gasteiger partial charge in [0, 0.05) is 12.8 Å². The van der Waals surface area contributed by atoms with Crippen LogP contribution in [0.3, 0.4) is 0 Å². The Labute approximate surface area is 438 Å². The molecule has 0 aliphatic rings. The lowest BCUT2D eigenvalue weighted by Crippen LogP contribution is -2.65. The third-order valence-electron chi connectivity index (χ3n) is 12.7. The first-order chi connectivity index (χ1) is 34.8. The topological polar surface area (TPSA) is 376 Å². The Kier molecular flexibility index (Phi) is 31.4. The third kappa shape index (κ3) is 26.2. The van der Waals surface area contributed by atoms with Crippen LogP contribution in [0, 0.1) is 11.8 Å². The summed E-state index contributed by atoms with van der Waals surface area (Å²) in [5.74, 6) is -5.70. The fraction of sp³-hybridized carbons (Fsp3) is 0.679. The fourth-order valence-electron chi connectivity index (χ4n) is 7.99. The summed E-state index contributed by atoms with van der Waals surface area (Å²) < 4.78 is 0. The number of carbonyl (C=O) groups is 9. The van der Waals surface area contributed by atoms with Gasteiger partial charge in [0.25, 0.3) is 0 Å². The van der Waals surface area contributed by atoms with Crippen LogP contribution in [0.5, 0.6) is 0 Å². The van der Waals surface area contributed by atoms with E-state index in [1.165, 1.54) is 6.92 Å². The molecule has 1 aromatic carbocycles. The number of carbonyl (C=O) groups excluding carboxylic acids is 9. The van der Waals surface area contributed by atoms with Crippen molar-refractivity contribution >= 4 is 53.3 Å². The molecule has 21 heteroatoms. The fourth-order valence-corrected chi connectivity index (χ4v) is 7.99. The van der Waals surface area contributed by atoms with Crippen molar-refractivity contribution in [3.8, 4) is 0 Å². The molecule has 0 radical (unpaired) electrons. The van der Waals surface area contributed by atoms with Gasteiger partial charge < -0.3 is 59.8 Å². The number of unbranched alkanes of at least 4 members (excludes halogenated alkanes) is 6. The van der Waals surface area contributed by atoms with Crippen LogP contribution in [-0.2, 0) is 49.6 Å². The molecule has 0 heterocycles. The van der Waals surface area contributed by atoms with E-state index in [1.54, 1.807) is 38.1 Å². The zero-order valence-electron chi connectivity index (χ0n) is 45.1. The average molecular weight is 1040 g/mol. The largest absolute Gasteiger partial charge is 0.391 e. The minimum atomic E-state index is -1.40. The van der Waals surface area contributed by atoms with E-state index in [0.29, 0.717) is 56.9 Å². The minimum Gasteiger partial charge on any atom is -0.391 e. The number of benzene rings is 1. The van der Waals surface area contributed by atoms with E-state index >= 15 is 0 Å². The molecule has 0 aromatic heterocycles. The van der Waals surface area contributed by atoms with E-state index in [4.69, 9.17) is 28.7 Å². The number of hydrogen-bond donors (Lipinski definition) is 12. The molecule has 17 N–H and O–H groups in total. The highest BCUT2D eigenvalue weighted by Crippen LogP contribution is 2.19. The van der Waals surface area contributed by atoms with Crippen molar-refractivity contribution in [3.63, 3.8) is 0 Å². The zero-order chi connectivity index (χ0) is 56.0. The van der Waals surface area contributed by atoms with Crippen molar-refractivity contribution in [3.05, 3.63) is 48.0 Å². The number of hydrazine groups is 1. The lowest BCUT2D eigenvalue weighted by molar-refractivity contribution is -0.140. The van der Waals surface area contributed by atoms with E-state index in [1.807, 2.05) is 45.9 Å². The standard InChI is InChI=1S/C53H91N11O10/c1-34(2)30-40(46(69)45(68)38(55)24-18-21-29-54)59-49(72)42(32-37-22-16-15-17-23-37)60-48(71)41(31-35(3)4)62-51(74)53(7,64-63-43(33-65)36(5)66)28-20-14-12-10-8-9-11-13-19-27-52(6,58)50(73)61-39(47(57)70)25-26-44(56)67/h9,11,15-17,22-23,33-36,38-43,63-64,66H,8,10,12-14,18-21,24-32,54-55,58H2,1-7H3,(H2,56,67)(H2,57,70)(H,59,72)(H,60,71)(H,61,73)(H,62,74)/b11-9-/t36-,38+,39+,40+,41+,42+,43-,52+,53-/m1/s1. The number of aliphatic hydroxyl groups is 1. The van der Waals surface area contributed by atoms with Crippen LogP contribution in [0.1, 0.15) is 157 Å². The van der Waals surface area contributed by atoms with E-state index in [2.05, 4.69) is 32.1 Å². The van der Waals surface area contributed by atoms with Gasteiger partial charge in [-0.3, -0.25) is 38.4 Å². The summed E-state index contributed by atoms with van der Waals surface area (Å²) in [7, 11) is 0. The number of aliphatic hydroxyl groups excluding tert-OH is 1. The molecule has 0 bridgehead atoms.